The highest BCUT2D eigenvalue weighted by Crippen LogP contribution is 2.53. The number of fused-ring (bicyclic) bond motifs is 2. The number of amides is 2. The Kier molecular flexibility index (Phi) is 5.15. The molecule has 1 unspecified atom stereocenters. The summed E-state index contributed by atoms with van der Waals surface area (Å²) in [6.45, 7) is 4.26. The number of carbonyl (C=O) groups excluding carboxylic acids is 3. The van der Waals surface area contributed by atoms with Gasteiger partial charge in [0.25, 0.3) is 17.6 Å². The summed E-state index contributed by atoms with van der Waals surface area (Å²) in [6.07, 6.45) is 0. The molecule has 1 N–H and O–H groups in total. The number of ketones is 1. The Morgan fingerprint density at radius 1 is 1.06 bits per heavy atom. The van der Waals surface area contributed by atoms with E-state index in [4.69, 9.17) is 4.74 Å². The van der Waals surface area contributed by atoms with Crippen molar-refractivity contribution < 1.29 is 24.2 Å². The molecule has 7 nitrogen and oxygen atoms in total. The van der Waals surface area contributed by atoms with Crippen molar-refractivity contribution in [3.8, 4) is 0 Å². The summed E-state index contributed by atoms with van der Waals surface area (Å²) in [5, 5.41) is 11.2. The minimum absolute atomic E-state index is 0.0311. The molecule has 0 aliphatic carbocycles. The number of nitrogens with zero attached hydrogens (tertiary/aromatic N) is 2. The maximum absolute atomic E-state index is 13.9. The van der Waals surface area contributed by atoms with Gasteiger partial charge in [-0.25, -0.2) is 0 Å². The third-order valence-corrected chi connectivity index (χ3v) is 5.97. The Balaban J connectivity index is 2.06. The van der Waals surface area contributed by atoms with Crippen molar-refractivity contribution in [3.63, 3.8) is 0 Å². The maximum Gasteiger partial charge on any atom is 0.296 e. The van der Waals surface area contributed by atoms with Gasteiger partial charge in [0, 0.05) is 31.3 Å². The number of likely N-dealkylation sites (tertiary alicyclic amines) is 1. The second kappa shape index (κ2) is 7.67. The van der Waals surface area contributed by atoms with E-state index < -0.39 is 23.1 Å². The number of aryl methyl sites for hydroxylation is 1. The molecule has 0 bridgehead atoms. The standard InChI is InChI=1S/C24H24N2O5/c1-4-25-18-8-6-5-7-17(18)24(23(25)30)19(20(27)16-11-9-15(2)10-12-16)21(28)22(29)26(24)13-14-31-3/h5-12,27H,4,13-14H2,1-3H3/b20-19+. The van der Waals surface area contributed by atoms with Gasteiger partial charge in [-0.2, -0.15) is 0 Å². The molecule has 2 amide bonds. The van der Waals surface area contributed by atoms with Crippen LogP contribution in [0, 0.1) is 6.92 Å². The first kappa shape index (κ1) is 20.8. The van der Waals surface area contributed by atoms with Crippen molar-refractivity contribution in [2.45, 2.75) is 19.4 Å². The number of benzene rings is 2. The van der Waals surface area contributed by atoms with Gasteiger partial charge in [-0.1, -0.05) is 48.0 Å². The topological polar surface area (TPSA) is 87.2 Å². The fourth-order valence-corrected chi connectivity index (χ4v) is 4.52. The van der Waals surface area contributed by atoms with Gasteiger partial charge < -0.3 is 19.6 Å². The van der Waals surface area contributed by atoms with Crippen molar-refractivity contribution in [2.75, 3.05) is 31.7 Å². The van der Waals surface area contributed by atoms with Crippen molar-refractivity contribution >= 4 is 29.0 Å². The lowest BCUT2D eigenvalue weighted by molar-refractivity contribution is -0.144. The number of likely N-dealkylation sites (N-methyl/N-ethyl adjacent to an activating group) is 1. The Labute approximate surface area is 180 Å². The normalized spacial score (nSPS) is 22.0. The number of carbonyl (C=O) groups is 3. The minimum Gasteiger partial charge on any atom is -0.507 e. The quantitative estimate of drug-likeness (QED) is 0.456. The molecule has 2 aliphatic rings. The molecule has 1 spiro atoms. The zero-order chi connectivity index (χ0) is 22.3. The molecule has 0 radical (unpaired) electrons. The van der Waals surface area contributed by atoms with Crippen LogP contribution in [0.5, 0.6) is 0 Å². The van der Waals surface area contributed by atoms with Crippen molar-refractivity contribution in [1.29, 1.82) is 0 Å². The van der Waals surface area contributed by atoms with E-state index in [2.05, 4.69) is 0 Å². The van der Waals surface area contributed by atoms with Crippen LogP contribution in [0.2, 0.25) is 0 Å². The van der Waals surface area contributed by atoms with E-state index in [0.717, 1.165) is 5.56 Å². The summed E-state index contributed by atoms with van der Waals surface area (Å²) >= 11 is 0. The number of ether oxygens (including phenoxy) is 1. The molecule has 0 aromatic heterocycles. The summed E-state index contributed by atoms with van der Waals surface area (Å²) in [7, 11) is 1.48. The minimum atomic E-state index is -1.73. The van der Waals surface area contributed by atoms with Gasteiger partial charge in [-0.15, -0.1) is 0 Å². The lowest BCUT2D eigenvalue weighted by Crippen LogP contribution is -2.52. The van der Waals surface area contributed by atoms with Crippen LogP contribution in [0.1, 0.15) is 23.6 Å². The number of rotatable bonds is 5. The van der Waals surface area contributed by atoms with Gasteiger partial charge in [0.05, 0.1) is 17.9 Å². The van der Waals surface area contributed by atoms with Crippen LogP contribution in [0.25, 0.3) is 5.76 Å². The Morgan fingerprint density at radius 3 is 2.39 bits per heavy atom. The molecule has 2 aromatic rings. The summed E-state index contributed by atoms with van der Waals surface area (Å²) in [6, 6.07) is 14.0. The number of anilines is 1. The average Bonchev–Trinajstić information content (AvgIpc) is 3.15. The lowest BCUT2D eigenvalue weighted by Gasteiger charge is -2.34. The van der Waals surface area contributed by atoms with Gasteiger partial charge in [0.2, 0.25) is 0 Å². The number of methoxy groups -OCH3 is 1. The van der Waals surface area contributed by atoms with Gasteiger partial charge in [-0.05, 0) is 19.9 Å². The Hall–Kier alpha value is -3.45. The van der Waals surface area contributed by atoms with Crippen LogP contribution in [-0.2, 0) is 24.7 Å². The Morgan fingerprint density at radius 2 is 1.74 bits per heavy atom. The third-order valence-electron chi connectivity index (χ3n) is 5.97. The van der Waals surface area contributed by atoms with E-state index in [1.165, 1.54) is 12.0 Å². The van der Waals surface area contributed by atoms with Crippen molar-refractivity contribution in [1.82, 2.24) is 4.90 Å². The molecular weight excluding hydrogens is 396 g/mol. The van der Waals surface area contributed by atoms with E-state index in [1.807, 2.05) is 13.8 Å². The average molecular weight is 420 g/mol. The van der Waals surface area contributed by atoms with Crippen molar-refractivity contribution in [2.24, 2.45) is 0 Å². The van der Waals surface area contributed by atoms with Crippen LogP contribution in [0.15, 0.2) is 54.1 Å². The summed E-state index contributed by atoms with van der Waals surface area (Å²) in [4.78, 5) is 43.0. The van der Waals surface area contributed by atoms with Crippen LogP contribution in [-0.4, -0.2) is 54.4 Å². The first-order valence-corrected chi connectivity index (χ1v) is 10.2. The van der Waals surface area contributed by atoms with Crippen LogP contribution >= 0.6 is 0 Å². The number of para-hydroxylation sites is 1. The maximum atomic E-state index is 13.9. The summed E-state index contributed by atoms with van der Waals surface area (Å²) < 4.78 is 5.15. The monoisotopic (exact) mass is 420 g/mol. The molecule has 4 rings (SSSR count). The SMILES string of the molecule is CCN1C(=O)C2(/C(=C(/O)c3ccc(C)cc3)C(=O)C(=O)N2CCOC)c2ccccc21. The highest BCUT2D eigenvalue weighted by molar-refractivity contribution is 6.50. The van der Waals surface area contributed by atoms with Gasteiger partial charge in [-0.3, -0.25) is 14.4 Å². The largest absolute Gasteiger partial charge is 0.507 e. The van der Waals surface area contributed by atoms with E-state index in [9.17, 15) is 19.5 Å². The number of hydrogen-bond donors (Lipinski definition) is 1. The number of Topliss-reactive ketones (excluding diaryl/α,β-unsaturated/α-hetero) is 1. The van der Waals surface area contributed by atoms with E-state index in [-0.39, 0.29) is 24.5 Å². The molecule has 1 fully saturated rings. The van der Waals surface area contributed by atoms with Crippen LogP contribution < -0.4 is 4.90 Å². The summed E-state index contributed by atoms with van der Waals surface area (Å²) in [5.74, 6) is -2.50. The van der Waals surface area contributed by atoms with E-state index in [0.29, 0.717) is 23.4 Å². The summed E-state index contributed by atoms with van der Waals surface area (Å²) in [5.41, 5.74) is 0.542. The highest BCUT2D eigenvalue weighted by atomic mass is 16.5. The zero-order valence-electron chi connectivity index (χ0n) is 17.7. The molecule has 2 aliphatic heterocycles. The second-order valence-electron chi connectivity index (χ2n) is 7.65. The third kappa shape index (κ3) is 2.80. The number of aliphatic hydroxyl groups is 1. The first-order valence-electron chi connectivity index (χ1n) is 10.2. The van der Waals surface area contributed by atoms with Gasteiger partial charge >= 0.3 is 0 Å². The zero-order valence-corrected chi connectivity index (χ0v) is 17.7. The molecule has 31 heavy (non-hydrogen) atoms. The fraction of sp³-hybridized carbons (Fsp3) is 0.292. The highest BCUT2D eigenvalue weighted by Gasteiger charge is 2.66. The molecule has 7 heteroatoms. The molecule has 2 heterocycles. The lowest BCUT2D eigenvalue weighted by atomic mass is 9.82. The van der Waals surface area contributed by atoms with E-state index in [1.54, 1.807) is 53.4 Å². The van der Waals surface area contributed by atoms with Crippen molar-refractivity contribution in [3.05, 3.63) is 70.8 Å². The Bertz CT molecular complexity index is 1110. The molecule has 0 saturated carbocycles. The fourth-order valence-electron chi connectivity index (χ4n) is 4.52. The van der Waals surface area contributed by atoms with Crippen LogP contribution in [0.4, 0.5) is 5.69 Å². The first-order chi connectivity index (χ1) is 14.9. The second-order valence-corrected chi connectivity index (χ2v) is 7.65. The molecular formula is C24H24N2O5. The molecule has 2 aromatic carbocycles. The number of hydrogen-bond acceptors (Lipinski definition) is 5. The predicted octanol–water partition coefficient (Wildman–Crippen LogP) is 2.58. The number of aliphatic hydroxyl groups excluding tert-OH is 1. The van der Waals surface area contributed by atoms with Gasteiger partial charge in [0.1, 0.15) is 5.76 Å². The van der Waals surface area contributed by atoms with Crippen LogP contribution in [0.3, 0.4) is 0 Å². The van der Waals surface area contributed by atoms with Gasteiger partial charge in [0.15, 0.2) is 5.54 Å². The molecule has 1 saturated heterocycles. The molecule has 160 valence electrons. The van der Waals surface area contributed by atoms with E-state index >= 15 is 0 Å². The predicted molar refractivity (Wildman–Crippen MR) is 115 cm³/mol. The smallest absolute Gasteiger partial charge is 0.296 e. The molecule has 1 atom stereocenters.